The lowest BCUT2D eigenvalue weighted by molar-refractivity contribution is 0.0438. The summed E-state index contributed by atoms with van der Waals surface area (Å²) in [6, 6.07) is 10.9. The number of hydrogen-bond acceptors (Lipinski definition) is 6. The normalized spacial score (nSPS) is 10.6. The van der Waals surface area contributed by atoms with E-state index in [0.29, 0.717) is 11.5 Å². The molecule has 2 aromatic heterocycles. The Labute approximate surface area is 139 Å². The average Bonchev–Trinajstić information content (AvgIpc) is 3.14. The highest BCUT2D eigenvalue weighted by atomic mass is 79.9. The molecule has 0 radical (unpaired) electrons. The Hall–Kier alpha value is -1.99. The lowest BCUT2D eigenvalue weighted by atomic mass is 10.1. The summed E-state index contributed by atoms with van der Waals surface area (Å²) in [7, 11) is 0. The standard InChI is InChI=1S/C15H11BrN2O3S/c1-9-2-4-10(5-3-9)15(19)20-8-13-17-18-14(21-13)11-6-7-12(16)22-11/h2-7H,8H2,1H3. The van der Waals surface area contributed by atoms with Crippen molar-refractivity contribution in [1.82, 2.24) is 10.2 Å². The minimum Gasteiger partial charge on any atom is -0.452 e. The highest BCUT2D eigenvalue weighted by molar-refractivity contribution is 9.11. The summed E-state index contributed by atoms with van der Waals surface area (Å²) in [5.74, 6) is 0.260. The van der Waals surface area contributed by atoms with Gasteiger partial charge in [0.2, 0.25) is 0 Å². The summed E-state index contributed by atoms with van der Waals surface area (Å²) in [6.07, 6.45) is 0. The average molecular weight is 379 g/mol. The molecule has 0 fully saturated rings. The molecule has 3 aromatic rings. The van der Waals surface area contributed by atoms with Crippen molar-refractivity contribution in [3.05, 3.63) is 57.2 Å². The van der Waals surface area contributed by atoms with E-state index in [1.807, 2.05) is 31.2 Å². The first-order valence-electron chi connectivity index (χ1n) is 6.44. The molecule has 0 spiro atoms. The van der Waals surface area contributed by atoms with E-state index in [-0.39, 0.29) is 12.5 Å². The maximum atomic E-state index is 11.9. The molecule has 0 saturated heterocycles. The highest BCUT2D eigenvalue weighted by Gasteiger charge is 2.13. The Morgan fingerprint density at radius 2 is 2.00 bits per heavy atom. The van der Waals surface area contributed by atoms with Gasteiger partial charge in [0.25, 0.3) is 11.8 Å². The Morgan fingerprint density at radius 1 is 1.23 bits per heavy atom. The molecule has 0 bridgehead atoms. The van der Waals surface area contributed by atoms with Crippen molar-refractivity contribution in [1.29, 1.82) is 0 Å². The number of carbonyl (C=O) groups is 1. The molecule has 0 aliphatic rings. The smallest absolute Gasteiger partial charge is 0.338 e. The number of benzene rings is 1. The van der Waals surface area contributed by atoms with Crippen LogP contribution in [0.1, 0.15) is 21.8 Å². The summed E-state index contributed by atoms with van der Waals surface area (Å²) in [5, 5.41) is 7.82. The number of rotatable bonds is 4. The summed E-state index contributed by atoms with van der Waals surface area (Å²) < 4.78 is 11.6. The third kappa shape index (κ3) is 3.42. The fourth-order valence-electron chi connectivity index (χ4n) is 1.74. The van der Waals surface area contributed by atoms with E-state index in [4.69, 9.17) is 9.15 Å². The first-order valence-corrected chi connectivity index (χ1v) is 8.04. The van der Waals surface area contributed by atoms with Crippen LogP contribution in [0, 0.1) is 6.92 Å². The van der Waals surface area contributed by atoms with Gasteiger partial charge in [-0.1, -0.05) is 17.7 Å². The van der Waals surface area contributed by atoms with Gasteiger partial charge in [0.1, 0.15) is 0 Å². The molecular formula is C15H11BrN2O3S. The van der Waals surface area contributed by atoms with Crippen LogP contribution in [-0.4, -0.2) is 16.2 Å². The van der Waals surface area contributed by atoms with E-state index < -0.39 is 5.97 Å². The Balaban J connectivity index is 1.63. The monoisotopic (exact) mass is 378 g/mol. The van der Waals surface area contributed by atoms with Crippen LogP contribution >= 0.6 is 27.3 Å². The van der Waals surface area contributed by atoms with Crippen LogP contribution in [0.25, 0.3) is 10.8 Å². The summed E-state index contributed by atoms with van der Waals surface area (Å²) in [4.78, 5) is 12.8. The maximum absolute atomic E-state index is 11.9. The van der Waals surface area contributed by atoms with Gasteiger partial charge < -0.3 is 9.15 Å². The number of aryl methyl sites for hydroxylation is 1. The van der Waals surface area contributed by atoms with Crippen molar-refractivity contribution in [2.24, 2.45) is 0 Å². The molecule has 5 nitrogen and oxygen atoms in total. The lowest BCUT2D eigenvalue weighted by Gasteiger charge is -2.02. The largest absolute Gasteiger partial charge is 0.452 e. The van der Waals surface area contributed by atoms with Crippen molar-refractivity contribution in [2.75, 3.05) is 0 Å². The molecule has 0 aliphatic carbocycles. The summed E-state index contributed by atoms with van der Waals surface area (Å²) in [5.41, 5.74) is 1.58. The fourth-order valence-corrected chi connectivity index (χ4v) is 3.05. The molecule has 22 heavy (non-hydrogen) atoms. The SMILES string of the molecule is Cc1ccc(C(=O)OCc2nnc(-c3ccc(Br)s3)o2)cc1. The second-order valence-electron chi connectivity index (χ2n) is 4.55. The molecule has 2 heterocycles. The Bertz CT molecular complexity index is 795. The van der Waals surface area contributed by atoms with Crippen LogP contribution in [0.4, 0.5) is 0 Å². The van der Waals surface area contributed by atoms with Gasteiger partial charge in [-0.05, 0) is 47.1 Å². The van der Waals surface area contributed by atoms with E-state index in [2.05, 4.69) is 26.1 Å². The van der Waals surface area contributed by atoms with Crippen LogP contribution < -0.4 is 0 Å². The minimum absolute atomic E-state index is 0.0494. The topological polar surface area (TPSA) is 65.2 Å². The summed E-state index contributed by atoms with van der Waals surface area (Å²) in [6.45, 7) is 1.91. The molecule has 3 rings (SSSR count). The molecular weight excluding hydrogens is 368 g/mol. The van der Waals surface area contributed by atoms with E-state index in [1.165, 1.54) is 11.3 Å². The van der Waals surface area contributed by atoms with E-state index >= 15 is 0 Å². The van der Waals surface area contributed by atoms with Gasteiger partial charge in [0.15, 0.2) is 6.61 Å². The molecule has 0 saturated carbocycles. The van der Waals surface area contributed by atoms with Gasteiger partial charge in [-0.2, -0.15) is 0 Å². The van der Waals surface area contributed by atoms with Crippen LogP contribution in [0.3, 0.4) is 0 Å². The predicted octanol–water partition coefficient (Wildman–Crippen LogP) is 4.23. The number of nitrogens with zero attached hydrogens (tertiary/aromatic N) is 2. The number of halogens is 1. The number of hydrogen-bond donors (Lipinski definition) is 0. The minimum atomic E-state index is -0.418. The predicted molar refractivity (Wildman–Crippen MR) is 85.6 cm³/mol. The molecule has 0 atom stereocenters. The van der Waals surface area contributed by atoms with Crippen LogP contribution in [0.15, 0.2) is 44.6 Å². The molecule has 0 aliphatic heterocycles. The zero-order chi connectivity index (χ0) is 15.5. The molecule has 0 amide bonds. The highest BCUT2D eigenvalue weighted by Crippen LogP contribution is 2.30. The second kappa shape index (κ2) is 6.41. The van der Waals surface area contributed by atoms with Crippen molar-refractivity contribution in [2.45, 2.75) is 13.5 Å². The van der Waals surface area contributed by atoms with Crippen molar-refractivity contribution in [3.63, 3.8) is 0 Å². The number of aromatic nitrogens is 2. The zero-order valence-electron chi connectivity index (χ0n) is 11.6. The Morgan fingerprint density at radius 3 is 2.68 bits per heavy atom. The quantitative estimate of drug-likeness (QED) is 0.635. The van der Waals surface area contributed by atoms with Crippen LogP contribution in [-0.2, 0) is 11.3 Å². The van der Waals surface area contributed by atoms with Gasteiger partial charge in [0.05, 0.1) is 14.2 Å². The number of ether oxygens (including phenoxy) is 1. The third-order valence-corrected chi connectivity index (χ3v) is 4.48. The zero-order valence-corrected chi connectivity index (χ0v) is 14.0. The van der Waals surface area contributed by atoms with Gasteiger partial charge in [-0.3, -0.25) is 0 Å². The maximum Gasteiger partial charge on any atom is 0.338 e. The van der Waals surface area contributed by atoms with Gasteiger partial charge in [-0.25, -0.2) is 4.79 Å². The molecule has 1 aromatic carbocycles. The number of carbonyl (C=O) groups excluding carboxylic acids is 1. The third-order valence-electron chi connectivity index (χ3n) is 2.86. The van der Waals surface area contributed by atoms with E-state index in [1.54, 1.807) is 12.1 Å². The van der Waals surface area contributed by atoms with Crippen molar-refractivity contribution in [3.8, 4) is 10.8 Å². The molecule has 7 heteroatoms. The van der Waals surface area contributed by atoms with Crippen LogP contribution in [0.2, 0.25) is 0 Å². The van der Waals surface area contributed by atoms with Crippen molar-refractivity contribution < 1.29 is 13.9 Å². The van der Waals surface area contributed by atoms with Crippen LogP contribution in [0.5, 0.6) is 0 Å². The molecule has 112 valence electrons. The first kappa shape index (κ1) is 14.9. The lowest BCUT2D eigenvalue weighted by Crippen LogP contribution is -2.05. The van der Waals surface area contributed by atoms with E-state index in [9.17, 15) is 4.79 Å². The number of esters is 1. The fraction of sp³-hybridized carbons (Fsp3) is 0.133. The molecule has 0 N–H and O–H groups in total. The van der Waals surface area contributed by atoms with Gasteiger partial charge in [0, 0.05) is 0 Å². The van der Waals surface area contributed by atoms with E-state index in [0.717, 1.165) is 14.2 Å². The summed E-state index contributed by atoms with van der Waals surface area (Å²) >= 11 is 4.87. The first-order chi connectivity index (χ1) is 10.6. The van der Waals surface area contributed by atoms with Gasteiger partial charge in [-0.15, -0.1) is 21.5 Å². The van der Waals surface area contributed by atoms with Gasteiger partial charge >= 0.3 is 5.97 Å². The second-order valence-corrected chi connectivity index (χ2v) is 7.01. The van der Waals surface area contributed by atoms with Crippen molar-refractivity contribution >= 4 is 33.2 Å². The number of thiophene rings is 1. The Kier molecular flexibility index (Phi) is 4.35. The molecule has 0 unspecified atom stereocenters.